The van der Waals surface area contributed by atoms with Crippen molar-refractivity contribution < 1.29 is 0 Å². The van der Waals surface area contributed by atoms with Crippen LogP contribution < -0.4 is 0 Å². The van der Waals surface area contributed by atoms with Gasteiger partial charge in [0.15, 0.2) is 0 Å². The first-order valence-corrected chi connectivity index (χ1v) is 9.49. The van der Waals surface area contributed by atoms with E-state index in [0.717, 1.165) is 17.8 Å². The van der Waals surface area contributed by atoms with Crippen LogP contribution >= 0.6 is 0 Å². The zero-order valence-electron chi connectivity index (χ0n) is 14.2. The molecule has 0 unspecified atom stereocenters. The second kappa shape index (κ2) is 9.34. The topological polar surface area (TPSA) is 0 Å². The summed E-state index contributed by atoms with van der Waals surface area (Å²) in [6.07, 6.45) is 19.9. The first kappa shape index (κ1) is 16.7. The normalized spacial score (nSPS) is 33.6. The van der Waals surface area contributed by atoms with E-state index in [1.165, 1.54) is 70.6 Å². The van der Waals surface area contributed by atoms with Gasteiger partial charge in [0.1, 0.15) is 0 Å². The lowest BCUT2D eigenvalue weighted by Crippen LogP contribution is -2.12. The number of hydrogen-bond donors (Lipinski definition) is 0. The van der Waals surface area contributed by atoms with Crippen molar-refractivity contribution in [2.45, 2.75) is 84.5 Å². The smallest absolute Gasteiger partial charge is 0.0206 e. The Balaban J connectivity index is 1.66. The Labute approximate surface area is 132 Å². The van der Waals surface area contributed by atoms with Gasteiger partial charge in [-0.2, -0.15) is 0 Å². The van der Waals surface area contributed by atoms with Gasteiger partial charge in [-0.15, -0.1) is 0 Å². The van der Waals surface area contributed by atoms with E-state index in [1.807, 2.05) is 0 Å². The number of hydrogen-bond acceptors (Lipinski definition) is 0. The van der Waals surface area contributed by atoms with Crippen LogP contribution in [0.3, 0.4) is 0 Å². The van der Waals surface area contributed by atoms with Gasteiger partial charge in [0.05, 0.1) is 0 Å². The van der Waals surface area contributed by atoms with Crippen LogP contribution in [0.5, 0.6) is 0 Å². The van der Waals surface area contributed by atoms with Gasteiger partial charge in [-0.05, 0) is 75.2 Å². The number of allylic oxidation sites excluding steroid dienone is 2. The molecule has 0 saturated heterocycles. The molecule has 0 aromatic heterocycles. The molecule has 0 atom stereocenters. The van der Waals surface area contributed by atoms with Crippen LogP contribution in [-0.2, 0) is 0 Å². The molecule has 2 saturated carbocycles. The molecule has 118 valence electrons. The zero-order chi connectivity index (χ0) is 14.9. The third kappa shape index (κ3) is 5.90. The zero-order valence-corrected chi connectivity index (χ0v) is 14.2. The van der Waals surface area contributed by atoms with Crippen molar-refractivity contribution in [1.82, 2.24) is 0 Å². The van der Waals surface area contributed by atoms with E-state index < -0.39 is 0 Å². The van der Waals surface area contributed by atoms with Gasteiger partial charge in [-0.3, -0.25) is 0 Å². The van der Waals surface area contributed by atoms with Crippen LogP contribution in [0.15, 0.2) is 12.2 Å². The summed E-state index contributed by atoms with van der Waals surface area (Å²) in [6, 6.07) is 0. The molecule has 0 spiro atoms. The van der Waals surface area contributed by atoms with Gasteiger partial charge < -0.3 is 0 Å². The monoisotopic (exact) mass is 286 g/mol. The minimum atomic E-state index is 0.678. The lowest BCUT2D eigenvalue weighted by molar-refractivity contribution is 0.294. The van der Waals surface area contributed by atoms with Crippen LogP contribution in [0.1, 0.15) is 84.5 Å². The van der Waals surface area contributed by atoms with Crippen molar-refractivity contribution >= 4 is 0 Å². The highest BCUT2D eigenvalue weighted by molar-refractivity contribution is 5.18. The third-order valence-corrected chi connectivity index (χ3v) is 5.75. The predicted octanol–water partition coefficient (Wildman–Crippen LogP) is 6.37. The van der Waals surface area contributed by atoms with Crippen molar-refractivity contribution in [2.75, 3.05) is 0 Å². The van der Waals surface area contributed by atoms with E-state index in [2.05, 4.69) is 37.8 Å². The van der Waals surface area contributed by atoms with Crippen LogP contribution in [-0.4, -0.2) is 0 Å². The Morgan fingerprint density at radius 1 is 0.857 bits per heavy atom. The average Bonchev–Trinajstić information content (AvgIpc) is 2.54. The molecule has 0 N–H and O–H groups in total. The summed E-state index contributed by atoms with van der Waals surface area (Å²) in [7, 11) is 0. The first-order valence-electron chi connectivity index (χ1n) is 9.49. The molecule has 0 aliphatic heterocycles. The van der Waals surface area contributed by atoms with Crippen LogP contribution in [0.2, 0.25) is 0 Å². The second-order valence-corrected chi connectivity index (χ2v) is 7.34. The largest absolute Gasteiger partial charge is 0.0951 e. The molecule has 0 radical (unpaired) electrons. The Hall–Kier alpha value is -0.700. The second-order valence-electron chi connectivity index (χ2n) is 7.34. The minimum absolute atomic E-state index is 0.678. The highest BCUT2D eigenvalue weighted by atomic mass is 14.2. The maximum atomic E-state index is 3.50. The standard InChI is InChI=1S/C21H34/c1-3-7-19-14-16-21(17-15-19)9-6-5-8-20-12-10-18(4-2)11-13-20/h6,9,18-21H,3-4,7,10-17H2,1-2H3. The van der Waals surface area contributed by atoms with Gasteiger partial charge in [0, 0.05) is 5.92 Å². The van der Waals surface area contributed by atoms with Gasteiger partial charge in [0.25, 0.3) is 0 Å². The van der Waals surface area contributed by atoms with E-state index in [-0.39, 0.29) is 0 Å². The molecule has 0 nitrogen and oxygen atoms in total. The lowest BCUT2D eigenvalue weighted by atomic mass is 9.80. The Morgan fingerprint density at radius 3 is 2.14 bits per heavy atom. The molecule has 2 fully saturated rings. The Kier molecular flexibility index (Phi) is 7.42. The summed E-state index contributed by atoms with van der Waals surface area (Å²) in [4.78, 5) is 0. The van der Waals surface area contributed by atoms with Crippen molar-refractivity contribution in [3.63, 3.8) is 0 Å². The maximum absolute atomic E-state index is 3.50. The molecule has 0 amide bonds. The molecule has 0 bridgehead atoms. The molecule has 2 rings (SSSR count). The third-order valence-electron chi connectivity index (χ3n) is 5.75. The van der Waals surface area contributed by atoms with Crippen LogP contribution in [0.25, 0.3) is 0 Å². The van der Waals surface area contributed by atoms with Gasteiger partial charge in [0.2, 0.25) is 0 Å². The summed E-state index contributed by atoms with van der Waals surface area (Å²) in [5.74, 6) is 10.3. The van der Waals surface area contributed by atoms with E-state index >= 15 is 0 Å². The highest BCUT2D eigenvalue weighted by Gasteiger charge is 2.19. The van der Waals surface area contributed by atoms with Crippen LogP contribution in [0, 0.1) is 35.5 Å². The van der Waals surface area contributed by atoms with Crippen molar-refractivity contribution in [1.29, 1.82) is 0 Å². The number of rotatable bonds is 4. The lowest BCUT2D eigenvalue weighted by Gasteiger charge is -2.26. The van der Waals surface area contributed by atoms with Crippen molar-refractivity contribution in [2.24, 2.45) is 23.7 Å². The summed E-state index contributed by atoms with van der Waals surface area (Å²) in [6.45, 7) is 4.64. The summed E-state index contributed by atoms with van der Waals surface area (Å²) in [5, 5.41) is 0. The van der Waals surface area contributed by atoms with Gasteiger partial charge in [-0.1, -0.05) is 51.0 Å². The molecule has 0 heterocycles. The maximum Gasteiger partial charge on any atom is 0.0206 e. The summed E-state index contributed by atoms with van der Waals surface area (Å²) < 4.78 is 0. The van der Waals surface area contributed by atoms with Crippen molar-refractivity contribution in [3.05, 3.63) is 12.2 Å². The summed E-state index contributed by atoms with van der Waals surface area (Å²) >= 11 is 0. The van der Waals surface area contributed by atoms with Gasteiger partial charge >= 0.3 is 0 Å². The molecule has 2 aliphatic carbocycles. The highest BCUT2D eigenvalue weighted by Crippen LogP contribution is 2.32. The molecular weight excluding hydrogens is 252 g/mol. The molecular formula is C21H34. The van der Waals surface area contributed by atoms with Gasteiger partial charge in [-0.25, -0.2) is 0 Å². The fourth-order valence-corrected chi connectivity index (χ4v) is 4.14. The summed E-state index contributed by atoms with van der Waals surface area (Å²) in [5.41, 5.74) is 0. The quantitative estimate of drug-likeness (QED) is 0.527. The Bertz CT molecular complexity index is 351. The van der Waals surface area contributed by atoms with Crippen LogP contribution in [0.4, 0.5) is 0 Å². The van der Waals surface area contributed by atoms with E-state index in [1.54, 1.807) is 0 Å². The predicted molar refractivity (Wildman–Crippen MR) is 93.0 cm³/mol. The first-order chi connectivity index (χ1) is 10.3. The van der Waals surface area contributed by atoms with E-state index in [0.29, 0.717) is 5.92 Å². The molecule has 0 aromatic rings. The minimum Gasteiger partial charge on any atom is -0.0951 e. The molecule has 0 heteroatoms. The van der Waals surface area contributed by atoms with Crippen molar-refractivity contribution in [3.8, 4) is 11.8 Å². The molecule has 21 heavy (non-hydrogen) atoms. The molecule has 0 aromatic carbocycles. The van der Waals surface area contributed by atoms with E-state index in [4.69, 9.17) is 0 Å². The average molecular weight is 287 g/mol. The Morgan fingerprint density at radius 2 is 1.52 bits per heavy atom. The SMILES string of the molecule is CCCC1CCC(C=CC#CC2CCC(CC)CC2)CC1. The van der Waals surface area contributed by atoms with E-state index in [9.17, 15) is 0 Å². The fourth-order valence-electron chi connectivity index (χ4n) is 4.14. The fraction of sp³-hybridized carbons (Fsp3) is 0.810. The molecule has 2 aliphatic rings.